The Hall–Kier alpha value is -6.49. The van der Waals surface area contributed by atoms with Gasteiger partial charge in [-0.3, -0.25) is 0 Å². The van der Waals surface area contributed by atoms with Crippen LogP contribution in [-0.2, 0) is 6.54 Å². The van der Waals surface area contributed by atoms with Gasteiger partial charge in [0.15, 0.2) is 11.6 Å². The van der Waals surface area contributed by atoms with Gasteiger partial charge in [-0.2, -0.15) is 0 Å². The summed E-state index contributed by atoms with van der Waals surface area (Å²) in [5.41, 5.74) is 11.6. The van der Waals surface area contributed by atoms with Crippen LogP contribution in [0.3, 0.4) is 0 Å². The molecular formula is C58H56N4. The quantitative estimate of drug-likeness (QED) is 0.111. The Morgan fingerprint density at radius 1 is 0.661 bits per heavy atom. The van der Waals surface area contributed by atoms with Crippen LogP contribution < -0.4 is 5.32 Å². The number of nitrogens with zero attached hydrogens (tertiary/aromatic N) is 3. The van der Waals surface area contributed by atoms with E-state index in [1.54, 1.807) is 0 Å². The third-order valence-corrected chi connectivity index (χ3v) is 12.7. The van der Waals surface area contributed by atoms with E-state index in [0.717, 1.165) is 55.6 Å². The molecule has 9 rings (SSSR count). The SMILES string of the molecule is CCC(/C=C/C(NCc1ccccc1)c1cccc(C2C=C(C3=CC=CCC3C3=CC(c4nc(-c5ccccc5)nc(-c5ccccc5)n4)CC=C3)CCC2)c1)c1ccccc1. The fourth-order valence-electron chi connectivity index (χ4n) is 9.34. The maximum absolute atomic E-state index is 5.12. The monoisotopic (exact) mass is 808 g/mol. The van der Waals surface area contributed by atoms with Crippen LogP contribution in [-0.4, -0.2) is 15.0 Å². The predicted molar refractivity (Wildman–Crippen MR) is 256 cm³/mol. The Morgan fingerprint density at radius 3 is 2.05 bits per heavy atom. The van der Waals surface area contributed by atoms with E-state index in [9.17, 15) is 0 Å². The molecule has 3 aliphatic rings. The third-order valence-electron chi connectivity index (χ3n) is 12.7. The van der Waals surface area contributed by atoms with E-state index in [4.69, 9.17) is 15.0 Å². The molecule has 4 nitrogen and oxygen atoms in total. The zero-order chi connectivity index (χ0) is 41.9. The molecule has 1 aromatic heterocycles. The molecule has 0 saturated heterocycles. The zero-order valence-corrected chi connectivity index (χ0v) is 35.7. The predicted octanol–water partition coefficient (Wildman–Crippen LogP) is 14.2. The Morgan fingerprint density at radius 2 is 1.34 bits per heavy atom. The van der Waals surface area contributed by atoms with Gasteiger partial charge >= 0.3 is 0 Å². The van der Waals surface area contributed by atoms with Crippen LogP contribution in [0.4, 0.5) is 0 Å². The second-order valence-electron chi connectivity index (χ2n) is 16.8. The first-order chi connectivity index (χ1) is 30.7. The Balaban J connectivity index is 0.986. The zero-order valence-electron chi connectivity index (χ0n) is 35.7. The molecule has 0 aliphatic heterocycles. The molecule has 62 heavy (non-hydrogen) atoms. The highest BCUT2D eigenvalue weighted by atomic mass is 15.0. The van der Waals surface area contributed by atoms with Crippen molar-refractivity contribution in [3.63, 3.8) is 0 Å². The maximum atomic E-state index is 5.12. The number of hydrogen-bond donors (Lipinski definition) is 1. The Bertz CT molecular complexity index is 2540. The van der Waals surface area contributed by atoms with Gasteiger partial charge in [0, 0.05) is 41.3 Å². The lowest BCUT2D eigenvalue weighted by molar-refractivity contribution is 0.605. The van der Waals surface area contributed by atoms with Crippen LogP contribution >= 0.6 is 0 Å². The van der Waals surface area contributed by atoms with Crippen molar-refractivity contribution in [1.82, 2.24) is 20.3 Å². The van der Waals surface area contributed by atoms with E-state index in [0.29, 0.717) is 23.5 Å². The first kappa shape index (κ1) is 40.9. The average Bonchev–Trinajstić information content (AvgIpc) is 3.36. The van der Waals surface area contributed by atoms with Gasteiger partial charge < -0.3 is 5.32 Å². The molecule has 5 atom stereocenters. The van der Waals surface area contributed by atoms with Crippen molar-refractivity contribution in [2.75, 3.05) is 0 Å². The molecule has 3 aliphatic carbocycles. The van der Waals surface area contributed by atoms with Crippen molar-refractivity contribution in [1.29, 1.82) is 0 Å². The Labute approximate surface area is 368 Å². The molecule has 0 saturated carbocycles. The summed E-state index contributed by atoms with van der Waals surface area (Å²) in [6.45, 7) is 3.09. The third kappa shape index (κ3) is 9.83. The summed E-state index contributed by atoms with van der Waals surface area (Å²) in [5, 5.41) is 3.91. The van der Waals surface area contributed by atoms with Crippen LogP contribution in [0, 0.1) is 5.92 Å². The lowest BCUT2D eigenvalue weighted by atomic mass is 9.74. The summed E-state index contributed by atoms with van der Waals surface area (Å²) in [4.78, 5) is 15.2. The van der Waals surface area contributed by atoms with Crippen molar-refractivity contribution in [3.05, 3.63) is 245 Å². The highest BCUT2D eigenvalue weighted by Gasteiger charge is 2.28. The molecule has 5 unspecified atom stereocenters. The summed E-state index contributed by atoms with van der Waals surface area (Å²) in [6, 6.07) is 51.7. The summed E-state index contributed by atoms with van der Waals surface area (Å²) in [6.07, 6.45) is 27.8. The first-order valence-electron chi connectivity index (χ1n) is 22.6. The van der Waals surface area contributed by atoms with Crippen molar-refractivity contribution < 1.29 is 0 Å². The molecule has 0 fully saturated rings. The van der Waals surface area contributed by atoms with Gasteiger partial charge in [-0.25, -0.2) is 15.0 Å². The molecule has 308 valence electrons. The molecule has 0 amide bonds. The summed E-state index contributed by atoms with van der Waals surface area (Å²) in [5.74, 6) is 3.33. The first-order valence-corrected chi connectivity index (χ1v) is 22.6. The van der Waals surface area contributed by atoms with E-state index in [1.165, 1.54) is 45.4 Å². The smallest absolute Gasteiger partial charge is 0.163 e. The number of nitrogens with one attached hydrogen (secondary N) is 1. The van der Waals surface area contributed by atoms with Gasteiger partial charge in [-0.15, -0.1) is 0 Å². The lowest BCUT2D eigenvalue weighted by Crippen LogP contribution is -2.20. The van der Waals surface area contributed by atoms with Gasteiger partial charge in [0.05, 0.1) is 6.04 Å². The van der Waals surface area contributed by atoms with Crippen molar-refractivity contribution in [3.8, 4) is 22.8 Å². The molecule has 1 N–H and O–H groups in total. The normalized spacial score (nSPS) is 19.7. The van der Waals surface area contributed by atoms with Crippen LogP contribution in [0.25, 0.3) is 22.8 Å². The molecule has 0 bridgehead atoms. The molecule has 5 aromatic carbocycles. The largest absolute Gasteiger partial charge is 0.303 e. The van der Waals surface area contributed by atoms with Gasteiger partial charge in [0.25, 0.3) is 0 Å². The minimum absolute atomic E-state index is 0.0590. The van der Waals surface area contributed by atoms with Gasteiger partial charge in [0.2, 0.25) is 0 Å². The van der Waals surface area contributed by atoms with Crippen LogP contribution in [0.15, 0.2) is 217 Å². The minimum Gasteiger partial charge on any atom is -0.303 e. The topological polar surface area (TPSA) is 50.7 Å². The van der Waals surface area contributed by atoms with E-state index in [-0.39, 0.29) is 17.9 Å². The molecule has 4 heteroatoms. The van der Waals surface area contributed by atoms with Crippen LogP contribution in [0.5, 0.6) is 0 Å². The number of rotatable bonds is 14. The summed E-state index contributed by atoms with van der Waals surface area (Å²) < 4.78 is 0. The van der Waals surface area contributed by atoms with E-state index in [2.05, 4.69) is 176 Å². The van der Waals surface area contributed by atoms with E-state index in [1.807, 2.05) is 36.4 Å². The number of allylic oxidation sites excluding steroid dienone is 11. The highest BCUT2D eigenvalue weighted by Crippen LogP contribution is 2.43. The number of benzene rings is 5. The maximum Gasteiger partial charge on any atom is 0.163 e. The summed E-state index contributed by atoms with van der Waals surface area (Å²) >= 11 is 0. The highest BCUT2D eigenvalue weighted by molar-refractivity contribution is 5.61. The Kier molecular flexibility index (Phi) is 13.1. The van der Waals surface area contributed by atoms with Gasteiger partial charge in [-0.1, -0.05) is 207 Å². The van der Waals surface area contributed by atoms with Crippen LogP contribution in [0.2, 0.25) is 0 Å². The van der Waals surface area contributed by atoms with E-state index >= 15 is 0 Å². The van der Waals surface area contributed by atoms with Gasteiger partial charge in [0.1, 0.15) is 5.82 Å². The average molecular weight is 809 g/mol. The number of aromatic nitrogens is 3. The lowest BCUT2D eigenvalue weighted by Gasteiger charge is -2.31. The molecular weight excluding hydrogens is 753 g/mol. The fraction of sp³-hybridized carbons (Fsp3) is 0.224. The second-order valence-corrected chi connectivity index (χ2v) is 16.8. The minimum atomic E-state index is 0.0590. The molecule has 6 aromatic rings. The van der Waals surface area contributed by atoms with Crippen molar-refractivity contribution in [2.24, 2.45) is 5.92 Å². The molecule has 0 spiro atoms. The summed E-state index contributed by atoms with van der Waals surface area (Å²) in [7, 11) is 0. The second kappa shape index (κ2) is 19.9. The molecule has 1 heterocycles. The van der Waals surface area contributed by atoms with Crippen molar-refractivity contribution in [2.45, 2.75) is 75.8 Å². The van der Waals surface area contributed by atoms with Gasteiger partial charge in [-0.05, 0) is 77.5 Å². The standard InChI is InChI=1S/C58H56N4/c1-2-43(44-22-9-4-10-23-44)36-37-55(59-41-42-20-7-3-8-21-42)51-32-18-29-48(39-51)47-28-17-30-49(38-47)53-34-15-16-35-54(53)50-31-19-33-52(40-50)58-61-56(45-24-11-5-12-25-45)60-57(62-58)46-26-13-6-14-27-46/h3-16,18-27,29,31-32,34,36-40,43,47,52,54-55,59H,2,17,28,30,33,35,41H2,1H3/b37-36+. The fourth-order valence-corrected chi connectivity index (χ4v) is 9.34. The van der Waals surface area contributed by atoms with Crippen LogP contribution in [0.1, 0.15) is 97.3 Å². The van der Waals surface area contributed by atoms with Crippen molar-refractivity contribution >= 4 is 0 Å². The molecule has 0 radical (unpaired) electrons. The van der Waals surface area contributed by atoms with E-state index < -0.39 is 0 Å². The number of hydrogen-bond acceptors (Lipinski definition) is 4.